The Morgan fingerprint density at radius 2 is 1.90 bits per heavy atom. The van der Waals surface area contributed by atoms with Crippen LogP contribution in [0.1, 0.15) is 48.0 Å². The van der Waals surface area contributed by atoms with E-state index in [4.69, 9.17) is 15.2 Å². The average Bonchev–Trinajstić information content (AvgIpc) is 2.53. The van der Waals surface area contributed by atoms with Gasteiger partial charge in [0.2, 0.25) is 0 Å². The SMILES string of the molecule is COc1cc(C2(CN)CCCCC2)cc(C=O)c1OC. The molecule has 4 nitrogen and oxygen atoms in total. The van der Waals surface area contributed by atoms with Crippen molar-refractivity contribution in [3.05, 3.63) is 23.3 Å². The molecular formula is C16H23NO3. The highest BCUT2D eigenvalue weighted by Crippen LogP contribution is 2.42. The van der Waals surface area contributed by atoms with Gasteiger partial charge < -0.3 is 15.2 Å². The molecule has 0 atom stereocenters. The van der Waals surface area contributed by atoms with E-state index in [0.717, 1.165) is 24.7 Å². The molecule has 1 aromatic rings. The Bertz CT molecular complexity index is 479. The molecule has 1 aromatic carbocycles. The number of carbonyl (C=O) groups is 1. The first-order valence-electron chi connectivity index (χ1n) is 7.12. The molecule has 1 saturated carbocycles. The summed E-state index contributed by atoms with van der Waals surface area (Å²) in [6.45, 7) is 0.598. The van der Waals surface area contributed by atoms with Crippen LogP contribution in [0.25, 0.3) is 0 Å². The second-order valence-corrected chi connectivity index (χ2v) is 5.46. The van der Waals surface area contributed by atoms with Gasteiger partial charge in [-0.05, 0) is 30.5 Å². The Balaban J connectivity index is 2.52. The maximum absolute atomic E-state index is 11.3. The molecule has 0 bridgehead atoms. The van der Waals surface area contributed by atoms with Crippen LogP contribution in [0, 0.1) is 0 Å². The quantitative estimate of drug-likeness (QED) is 0.841. The van der Waals surface area contributed by atoms with E-state index < -0.39 is 0 Å². The van der Waals surface area contributed by atoms with E-state index in [1.807, 2.05) is 12.1 Å². The number of nitrogens with two attached hydrogens (primary N) is 1. The third-order valence-corrected chi connectivity index (χ3v) is 4.45. The summed E-state index contributed by atoms with van der Waals surface area (Å²) >= 11 is 0. The van der Waals surface area contributed by atoms with Crippen LogP contribution in [0.15, 0.2) is 12.1 Å². The van der Waals surface area contributed by atoms with E-state index in [1.165, 1.54) is 19.3 Å². The average molecular weight is 277 g/mol. The lowest BCUT2D eigenvalue weighted by Crippen LogP contribution is -2.37. The maximum atomic E-state index is 11.3. The summed E-state index contributed by atoms with van der Waals surface area (Å²) < 4.78 is 10.7. The van der Waals surface area contributed by atoms with Gasteiger partial charge in [-0.1, -0.05) is 19.3 Å². The van der Waals surface area contributed by atoms with Crippen molar-refractivity contribution in [2.45, 2.75) is 37.5 Å². The van der Waals surface area contributed by atoms with E-state index in [-0.39, 0.29) is 5.41 Å². The van der Waals surface area contributed by atoms with Gasteiger partial charge in [0, 0.05) is 12.0 Å². The zero-order valence-electron chi connectivity index (χ0n) is 12.3. The molecule has 0 unspecified atom stereocenters. The van der Waals surface area contributed by atoms with Crippen LogP contribution in [-0.2, 0) is 5.41 Å². The number of aldehydes is 1. The van der Waals surface area contributed by atoms with Gasteiger partial charge in [0.05, 0.1) is 19.8 Å². The topological polar surface area (TPSA) is 61.5 Å². The van der Waals surface area contributed by atoms with Crippen molar-refractivity contribution in [1.29, 1.82) is 0 Å². The van der Waals surface area contributed by atoms with E-state index in [9.17, 15) is 4.79 Å². The van der Waals surface area contributed by atoms with Gasteiger partial charge in [-0.15, -0.1) is 0 Å². The van der Waals surface area contributed by atoms with Crippen LogP contribution >= 0.6 is 0 Å². The van der Waals surface area contributed by atoms with Gasteiger partial charge in [-0.2, -0.15) is 0 Å². The van der Waals surface area contributed by atoms with Crippen LogP contribution in [0.4, 0.5) is 0 Å². The normalized spacial score (nSPS) is 17.6. The van der Waals surface area contributed by atoms with Gasteiger partial charge in [0.1, 0.15) is 0 Å². The molecule has 0 aliphatic heterocycles. The summed E-state index contributed by atoms with van der Waals surface area (Å²) in [5.74, 6) is 1.10. The molecule has 0 saturated heterocycles. The first kappa shape index (κ1) is 14.9. The monoisotopic (exact) mass is 277 g/mol. The minimum atomic E-state index is -0.0322. The number of ether oxygens (including phenoxy) is 2. The fourth-order valence-electron chi connectivity index (χ4n) is 3.23. The third kappa shape index (κ3) is 2.52. The Hall–Kier alpha value is -1.55. The minimum Gasteiger partial charge on any atom is -0.493 e. The summed E-state index contributed by atoms with van der Waals surface area (Å²) in [6.07, 6.45) is 6.58. The first-order chi connectivity index (χ1) is 9.70. The molecule has 1 aliphatic rings. The largest absolute Gasteiger partial charge is 0.493 e. The highest BCUT2D eigenvalue weighted by Gasteiger charge is 2.33. The number of carbonyl (C=O) groups excluding carboxylic acids is 1. The van der Waals surface area contributed by atoms with Crippen LogP contribution in [0.2, 0.25) is 0 Å². The fourth-order valence-corrected chi connectivity index (χ4v) is 3.23. The summed E-state index contributed by atoms with van der Waals surface area (Å²) in [6, 6.07) is 3.89. The molecule has 0 radical (unpaired) electrons. The number of hydrogen-bond acceptors (Lipinski definition) is 4. The van der Waals surface area contributed by atoms with Gasteiger partial charge in [0.25, 0.3) is 0 Å². The molecule has 0 heterocycles. The van der Waals surface area contributed by atoms with Crippen molar-refractivity contribution in [2.24, 2.45) is 5.73 Å². The molecule has 0 spiro atoms. The third-order valence-electron chi connectivity index (χ3n) is 4.45. The summed E-state index contributed by atoms with van der Waals surface area (Å²) in [5.41, 5.74) is 7.66. The van der Waals surface area contributed by atoms with Gasteiger partial charge in [-0.3, -0.25) is 4.79 Å². The Morgan fingerprint density at radius 1 is 1.20 bits per heavy atom. The first-order valence-corrected chi connectivity index (χ1v) is 7.12. The van der Waals surface area contributed by atoms with Crippen molar-refractivity contribution >= 4 is 6.29 Å². The highest BCUT2D eigenvalue weighted by molar-refractivity contribution is 5.82. The van der Waals surface area contributed by atoms with Gasteiger partial charge >= 0.3 is 0 Å². The molecule has 0 amide bonds. The standard InChI is InChI=1S/C16H23NO3/c1-19-14-9-13(8-12(10-18)15(14)20-2)16(11-17)6-4-3-5-7-16/h8-10H,3-7,11,17H2,1-2H3. The predicted molar refractivity (Wildman–Crippen MR) is 78.8 cm³/mol. The van der Waals surface area contributed by atoms with Crippen molar-refractivity contribution in [2.75, 3.05) is 20.8 Å². The lowest BCUT2D eigenvalue weighted by atomic mass is 9.69. The second-order valence-electron chi connectivity index (χ2n) is 5.46. The number of hydrogen-bond donors (Lipinski definition) is 1. The number of methoxy groups -OCH3 is 2. The fraction of sp³-hybridized carbons (Fsp3) is 0.562. The van der Waals surface area contributed by atoms with Gasteiger partial charge in [-0.25, -0.2) is 0 Å². The molecule has 110 valence electrons. The van der Waals surface area contributed by atoms with Crippen LogP contribution < -0.4 is 15.2 Å². The summed E-state index contributed by atoms with van der Waals surface area (Å²) in [5, 5.41) is 0. The van der Waals surface area contributed by atoms with Gasteiger partial charge in [0.15, 0.2) is 17.8 Å². The van der Waals surface area contributed by atoms with E-state index >= 15 is 0 Å². The summed E-state index contributed by atoms with van der Waals surface area (Å²) in [4.78, 5) is 11.3. The van der Waals surface area contributed by atoms with E-state index in [2.05, 4.69) is 0 Å². The zero-order chi connectivity index (χ0) is 14.6. The molecule has 1 aliphatic carbocycles. The van der Waals surface area contributed by atoms with E-state index in [1.54, 1.807) is 14.2 Å². The minimum absolute atomic E-state index is 0.0322. The Morgan fingerprint density at radius 3 is 2.40 bits per heavy atom. The maximum Gasteiger partial charge on any atom is 0.171 e. The predicted octanol–water partition coefficient (Wildman–Crippen LogP) is 2.68. The second kappa shape index (κ2) is 6.27. The Labute approximate surface area is 120 Å². The highest BCUT2D eigenvalue weighted by atomic mass is 16.5. The number of benzene rings is 1. The van der Waals surface area contributed by atoms with Crippen LogP contribution in [0.5, 0.6) is 11.5 Å². The van der Waals surface area contributed by atoms with Crippen molar-refractivity contribution in [3.63, 3.8) is 0 Å². The smallest absolute Gasteiger partial charge is 0.171 e. The zero-order valence-corrected chi connectivity index (χ0v) is 12.3. The van der Waals surface area contributed by atoms with Crippen molar-refractivity contribution in [1.82, 2.24) is 0 Å². The number of rotatable bonds is 5. The Kier molecular flexibility index (Phi) is 4.65. The molecule has 2 N–H and O–H groups in total. The molecule has 2 rings (SSSR count). The molecule has 4 heteroatoms. The molecule has 0 aromatic heterocycles. The summed E-state index contributed by atoms with van der Waals surface area (Å²) in [7, 11) is 3.13. The van der Waals surface area contributed by atoms with Crippen LogP contribution in [0.3, 0.4) is 0 Å². The van der Waals surface area contributed by atoms with E-state index in [0.29, 0.717) is 23.6 Å². The lowest BCUT2D eigenvalue weighted by Gasteiger charge is -2.37. The van der Waals surface area contributed by atoms with Crippen molar-refractivity contribution in [3.8, 4) is 11.5 Å². The lowest BCUT2D eigenvalue weighted by molar-refractivity contribution is 0.111. The molecule has 20 heavy (non-hydrogen) atoms. The van der Waals surface area contributed by atoms with Crippen LogP contribution in [-0.4, -0.2) is 27.1 Å². The molecule has 1 fully saturated rings. The van der Waals surface area contributed by atoms with Crippen molar-refractivity contribution < 1.29 is 14.3 Å². The molecular weight excluding hydrogens is 254 g/mol.